The van der Waals surface area contributed by atoms with Crippen molar-refractivity contribution in [2.45, 2.75) is 26.8 Å². The van der Waals surface area contributed by atoms with Crippen LogP contribution in [0.4, 0.5) is 0 Å². The molecule has 0 atom stereocenters. The summed E-state index contributed by atoms with van der Waals surface area (Å²) in [5.74, 6) is 0. The topological polar surface area (TPSA) is 44.0 Å². The van der Waals surface area contributed by atoms with Gasteiger partial charge in [-0.1, -0.05) is 11.6 Å². The molecule has 0 N–H and O–H groups in total. The minimum absolute atomic E-state index is 0.143. The average molecular weight is 285 g/mol. The third kappa shape index (κ3) is 2.15. The Hall–Kier alpha value is -1.33. The number of hydrogen-bond acceptors (Lipinski definition) is 3. The van der Waals surface area contributed by atoms with Crippen LogP contribution in [0.15, 0.2) is 27.8 Å². The highest BCUT2D eigenvalue weighted by Gasteiger charge is 2.15. The van der Waals surface area contributed by atoms with Gasteiger partial charge in [0.2, 0.25) is 0 Å². The molecule has 18 heavy (non-hydrogen) atoms. The molecule has 1 aromatic carbocycles. The zero-order chi connectivity index (χ0) is 13.4. The van der Waals surface area contributed by atoms with Gasteiger partial charge in [0.15, 0.2) is 0 Å². The fourth-order valence-corrected chi connectivity index (χ4v) is 3.00. The van der Waals surface area contributed by atoms with Gasteiger partial charge in [0.1, 0.15) is 0 Å². The number of aryl methyl sites for hydroxylation is 1. The molecule has 0 fully saturated rings. The molecule has 0 saturated carbocycles. The highest BCUT2D eigenvalue weighted by molar-refractivity contribution is 7.03. The lowest BCUT2D eigenvalue weighted by Crippen LogP contribution is -2.30. The van der Waals surface area contributed by atoms with Crippen molar-refractivity contribution in [1.29, 1.82) is 0 Å². The molecule has 0 spiro atoms. The first kappa shape index (κ1) is 13.1. The van der Waals surface area contributed by atoms with Crippen LogP contribution in [0.5, 0.6) is 0 Å². The zero-order valence-corrected chi connectivity index (χ0v) is 11.9. The van der Waals surface area contributed by atoms with Gasteiger partial charge in [-0.2, -0.15) is 0 Å². The van der Waals surface area contributed by atoms with E-state index in [4.69, 9.17) is 11.6 Å². The summed E-state index contributed by atoms with van der Waals surface area (Å²) >= 11 is 6.79. The zero-order valence-electron chi connectivity index (χ0n) is 10.3. The molecule has 6 heteroatoms. The number of hydrogen-bond donors (Lipinski definition) is 0. The van der Waals surface area contributed by atoms with Crippen molar-refractivity contribution in [3.8, 4) is 5.69 Å². The Morgan fingerprint density at radius 1 is 1.28 bits per heavy atom. The van der Waals surface area contributed by atoms with Crippen molar-refractivity contribution in [1.82, 2.24) is 8.52 Å². The predicted octanol–water partition coefficient (Wildman–Crippen LogP) is 2.60. The highest BCUT2D eigenvalue weighted by Crippen LogP contribution is 2.18. The molecule has 0 amide bonds. The number of aromatic nitrogens is 2. The van der Waals surface area contributed by atoms with E-state index in [2.05, 4.69) is 0 Å². The van der Waals surface area contributed by atoms with Crippen LogP contribution in [0, 0.1) is 6.92 Å². The summed E-state index contributed by atoms with van der Waals surface area (Å²) in [5.41, 5.74) is 1.26. The van der Waals surface area contributed by atoms with Gasteiger partial charge in [0.05, 0.1) is 5.69 Å². The first-order chi connectivity index (χ1) is 8.41. The van der Waals surface area contributed by atoms with Crippen LogP contribution in [0.2, 0.25) is 5.02 Å². The molecule has 2 aromatic rings. The Balaban J connectivity index is 2.70. The molecule has 0 radical (unpaired) electrons. The van der Waals surface area contributed by atoms with Gasteiger partial charge in [-0.15, -0.1) is 0 Å². The maximum atomic E-state index is 12.2. The summed E-state index contributed by atoms with van der Waals surface area (Å²) in [6.07, 6.45) is 0. The lowest BCUT2D eigenvalue weighted by Gasteiger charge is -2.05. The monoisotopic (exact) mass is 284 g/mol. The average Bonchev–Trinajstić information content (AvgIpc) is 2.54. The molecular weight excluding hydrogens is 272 g/mol. The minimum atomic E-state index is -0.301. The van der Waals surface area contributed by atoms with Crippen molar-refractivity contribution < 1.29 is 0 Å². The molecule has 1 heterocycles. The second kappa shape index (κ2) is 4.74. The number of nitrogens with zero attached hydrogens (tertiary/aromatic N) is 2. The van der Waals surface area contributed by atoms with Crippen molar-refractivity contribution in [3.63, 3.8) is 0 Å². The normalized spacial score (nSPS) is 11.2. The third-order valence-corrected chi connectivity index (χ3v) is 3.76. The number of rotatable bonds is 2. The summed E-state index contributed by atoms with van der Waals surface area (Å²) in [4.78, 5) is 23.7. The van der Waals surface area contributed by atoms with Gasteiger partial charge < -0.3 is 0 Å². The largest absolute Gasteiger partial charge is 0.346 e. The van der Waals surface area contributed by atoms with Crippen LogP contribution in [-0.2, 0) is 0 Å². The van der Waals surface area contributed by atoms with Crippen LogP contribution < -0.4 is 10.6 Å². The van der Waals surface area contributed by atoms with Gasteiger partial charge in [0.25, 0.3) is 0 Å². The fourth-order valence-electron chi connectivity index (χ4n) is 1.77. The molecular formula is C12H13ClN2O2S. The van der Waals surface area contributed by atoms with Crippen LogP contribution in [0.25, 0.3) is 5.69 Å². The van der Waals surface area contributed by atoms with E-state index >= 15 is 0 Å². The van der Waals surface area contributed by atoms with E-state index in [-0.39, 0.29) is 16.6 Å². The van der Waals surface area contributed by atoms with Crippen molar-refractivity contribution >= 4 is 23.1 Å². The molecule has 96 valence electrons. The highest BCUT2D eigenvalue weighted by atomic mass is 35.5. The van der Waals surface area contributed by atoms with E-state index in [0.29, 0.717) is 10.7 Å². The summed E-state index contributed by atoms with van der Waals surface area (Å²) in [6.45, 7) is 5.49. The Bertz CT molecular complexity index is 697. The van der Waals surface area contributed by atoms with E-state index in [1.54, 1.807) is 18.2 Å². The molecule has 1 aromatic heterocycles. The van der Waals surface area contributed by atoms with E-state index in [1.165, 1.54) is 8.52 Å². The smallest absolute Gasteiger partial charge is 0.255 e. The molecule has 4 nitrogen and oxygen atoms in total. The quantitative estimate of drug-likeness (QED) is 0.851. The van der Waals surface area contributed by atoms with Gasteiger partial charge in [0, 0.05) is 22.6 Å². The van der Waals surface area contributed by atoms with Gasteiger partial charge in [-0.05, 0) is 44.5 Å². The minimum Gasteiger partial charge on any atom is -0.255 e. The molecule has 0 saturated heterocycles. The molecule has 0 aliphatic carbocycles. The molecule has 0 aliphatic rings. The number of halogens is 1. The molecule has 0 aliphatic heterocycles. The van der Waals surface area contributed by atoms with Crippen molar-refractivity contribution in [2.75, 3.05) is 0 Å². The summed E-state index contributed by atoms with van der Waals surface area (Å²) in [5, 5.41) is 0.611. The first-order valence-corrected chi connectivity index (χ1v) is 6.68. The Kier molecular flexibility index (Phi) is 3.45. The van der Waals surface area contributed by atoms with E-state index < -0.39 is 0 Å². The molecule has 2 rings (SSSR count). The number of benzene rings is 1. The van der Waals surface area contributed by atoms with Crippen LogP contribution in [-0.4, -0.2) is 8.52 Å². The predicted molar refractivity (Wildman–Crippen MR) is 74.3 cm³/mol. The standard InChI is InChI=1S/C12H13ClN2O2S/c1-7(2)14-11(16)15(18-12(14)17)10-5-4-9(13)6-8(10)3/h4-7H,1-3H3. The molecule has 0 bridgehead atoms. The lowest BCUT2D eigenvalue weighted by atomic mass is 10.2. The van der Waals surface area contributed by atoms with Crippen LogP contribution >= 0.6 is 23.1 Å². The SMILES string of the molecule is Cc1cc(Cl)ccc1-n1sc(=O)n(C(C)C)c1=O. The van der Waals surface area contributed by atoms with E-state index in [9.17, 15) is 9.59 Å². The summed E-state index contributed by atoms with van der Waals surface area (Å²) in [6, 6.07) is 5.09. The Labute approximate surface area is 113 Å². The van der Waals surface area contributed by atoms with E-state index in [1.807, 2.05) is 20.8 Å². The van der Waals surface area contributed by atoms with Crippen molar-refractivity contribution in [3.05, 3.63) is 48.9 Å². The first-order valence-electron chi connectivity index (χ1n) is 5.53. The lowest BCUT2D eigenvalue weighted by molar-refractivity contribution is 0.560. The Morgan fingerprint density at radius 2 is 1.94 bits per heavy atom. The summed E-state index contributed by atoms with van der Waals surface area (Å²) in [7, 11) is 0. The second-order valence-electron chi connectivity index (χ2n) is 4.33. The van der Waals surface area contributed by atoms with Gasteiger partial charge >= 0.3 is 10.6 Å². The van der Waals surface area contributed by atoms with Gasteiger partial charge in [-0.25, -0.2) is 13.3 Å². The maximum absolute atomic E-state index is 12.2. The van der Waals surface area contributed by atoms with Crippen molar-refractivity contribution in [2.24, 2.45) is 0 Å². The van der Waals surface area contributed by atoms with Gasteiger partial charge in [-0.3, -0.25) is 4.79 Å². The maximum Gasteiger partial charge on any atom is 0.346 e. The van der Waals surface area contributed by atoms with E-state index in [0.717, 1.165) is 17.1 Å². The second-order valence-corrected chi connectivity index (χ2v) is 5.66. The Morgan fingerprint density at radius 3 is 2.44 bits per heavy atom. The van der Waals surface area contributed by atoms with Crippen LogP contribution in [0.1, 0.15) is 25.5 Å². The van der Waals surface area contributed by atoms with Crippen LogP contribution in [0.3, 0.4) is 0 Å². The third-order valence-electron chi connectivity index (χ3n) is 2.64. The molecule has 0 unspecified atom stereocenters. The summed E-state index contributed by atoms with van der Waals surface area (Å²) < 4.78 is 2.66. The fraction of sp³-hybridized carbons (Fsp3) is 0.333.